The van der Waals surface area contributed by atoms with Crippen molar-refractivity contribution in [2.24, 2.45) is 0 Å². The van der Waals surface area contributed by atoms with Gasteiger partial charge in [-0.15, -0.1) is 0 Å². The quantitative estimate of drug-likeness (QED) is 0.523. The van der Waals surface area contributed by atoms with Crippen LogP contribution in [0.4, 0.5) is 5.69 Å². The maximum Gasteiger partial charge on any atom is 0.272 e. The van der Waals surface area contributed by atoms with Crippen LogP contribution >= 0.6 is 0 Å². The molecule has 0 aliphatic rings. The molecule has 0 aliphatic heterocycles. The predicted octanol–water partition coefficient (Wildman–Crippen LogP) is 0.700. The third kappa shape index (κ3) is 4.78. The zero-order valence-corrected chi connectivity index (χ0v) is 16.7. The lowest BCUT2D eigenvalue weighted by Gasteiger charge is -2.16. The number of amides is 1. The average Bonchev–Trinajstić information content (AvgIpc) is 3.07. The van der Waals surface area contributed by atoms with E-state index in [1.54, 1.807) is 42.7 Å². The van der Waals surface area contributed by atoms with E-state index in [0.29, 0.717) is 16.9 Å². The molecule has 0 radical (unpaired) electrons. The molecule has 1 aromatic carbocycles. The summed E-state index contributed by atoms with van der Waals surface area (Å²) < 4.78 is 0. The van der Waals surface area contributed by atoms with Gasteiger partial charge in [-0.25, -0.2) is 4.98 Å². The molecule has 29 heavy (non-hydrogen) atoms. The van der Waals surface area contributed by atoms with Crippen molar-refractivity contribution in [2.45, 2.75) is 33.1 Å². The van der Waals surface area contributed by atoms with E-state index in [9.17, 15) is 14.4 Å². The highest BCUT2D eigenvalue weighted by molar-refractivity contribution is 5.88. The van der Waals surface area contributed by atoms with Gasteiger partial charge in [-0.2, -0.15) is 0 Å². The van der Waals surface area contributed by atoms with E-state index < -0.39 is 11.1 Å². The third-order valence-electron chi connectivity index (χ3n) is 4.20. The summed E-state index contributed by atoms with van der Waals surface area (Å²) in [4.78, 5) is 48.8. The highest BCUT2D eigenvalue weighted by atomic mass is 16.1. The third-order valence-corrected chi connectivity index (χ3v) is 4.20. The van der Waals surface area contributed by atoms with Crippen LogP contribution < -0.4 is 27.1 Å². The van der Waals surface area contributed by atoms with Crippen LogP contribution in [0.3, 0.4) is 0 Å². The molecule has 8 heteroatoms. The van der Waals surface area contributed by atoms with Crippen LogP contribution in [0.15, 0.2) is 40.2 Å². The summed E-state index contributed by atoms with van der Waals surface area (Å²) in [6, 6.07) is 6.96. The van der Waals surface area contributed by atoms with Crippen LogP contribution in [0.25, 0.3) is 12.2 Å². The highest BCUT2D eigenvalue weighted by Crippen LogP contribution is 2.22. The number of aromatic amines is 3. The number of nitrogens with one attached hydrogen (secondary N) is 4. The lowest BCUT2D eigenvalue weighted by molar-refractivity contribution is -0.114. The van der Waals surface area contributed by atoms with Gasteiger partial charge in [0, 0.05) is 23.7 Å². The van der Waals surface area contributed by atoms with Gasteiger partial charge in [0.15, 0.2) is 0 Å². The Hall–Kier alpha value is -3.68. The van der Waals surface area contributed by atoms with E-state index in [0.717, 1.165) is 5.69 Å². The van der Waals surface area contributed by atoms with Crippen molar-refractivity contribution in [1.82, 2.24) is 19.9 Å². The fourth-order valence-corrected chi connectivity index (χ4v) is 2.92. The summed E-state index contributed by atoms with van der Waals surface area (Å²) in [5.41, 5.74) is 1.66. The van der Waals surface area contributed by atoms with Crippen LogP contribution in [0.1, 0.15) is 44.6 Å². The summed E-state index contributed by atoms with van der Waals surface area (Å²) in [6.45, 7) is 7.49. The first-order valence-electron chi connectivity index (χ1n) is 9.11. The minimum Gasteiger partial charge on any atom is -0.348 e. The van der Waals surface area contributed by atoms with Crippen molar-refractivity contribution >= 4 is 23.7 Å². The smallest absolute Gasteiger partial charge is 0.272 e. The second-order valence-electron chi connectivity index (χ2n) is 7.74. The summed E-state index contributed by atoms with van der Waals surface area (Å²) in [5.74, 6) is -0.193. The molecular formula is C21H23N5O3. The molecule has 150 valence electrons. The average molecular weight is 393 g/mol. The molecule has 3 aromatic rings. The van der Waals surface area contributed by atoms with E-state index >= 15 is 0 Å². The predicted molar refractivity (Wildman–Crippen MR) is 112 cm³/mol. The Labute approximate surface area is 166 Å². The molecule has 2 heterocycles. The minimum atomic E-state index is -0.436. The zero-order valence-electron chi connectivity index (χ0n) is 16.7. The molecule has 0 atom stereocenters. The number of hydrogen-bond acceptors (Lipinski definition) is 4. The molecule has 0 fully saturated rings. The van der Waals surface area contributed by atoms with E-state index in [1.807, 2.05) is 20.8 Å². The molecular weight excluding hydrogens is 370 g/mol. The number of rotatable bonds is 3. The van der Waals surface area contributed by atoms with E-state index in [-0.39, 0.29) is 22.0 Å². The number of carbonyl (C=O) groups is 1. The van der Waals surface area contributed by atoms with E-state index in [4.69, 9.17) is 0 Å². The Morgan fingerprint density at radius 2 is 1.72 bits per heavy atom. The number of imidazole rings is 1. The molecule has 0 unspecified atom stereocenters. The second-order valence-corrected chi connectivity index (χ2v) is 7.74. The lowest BCUT2D eigenvalue weighted by atomic mass is 9.90. The molecule has 0 spiro atoms. The van der Waals surface area contributed by atoms with Crippen LogP contribution in [0, 0.1) is 0 Å². The summed E-state index contributed by atoms with van der Waals surface area (Å²) in [7, 11) is 0. The van der Waals surface area contributed by atoms with Crippen LogP contribution in [0.5, 0.6) is 0 Å². The largest absolute Gasteiger partial charge is 0.348 e. The summed E-state index contributed by atoms with van der Waals surface area (Å²) in [6.07, 6.45) is 4.66. The first-order valence-corrected chi connectivity index (χ1v) is 9.11. The van der Waals surface area contributed by atoms with Crippen molar-refractivity contribution in [3.05, 3.63) is 78.9 Å². The lowest BCUT2D eigenvalue weighted by Crippen LogP contribution is -2.46. The Bertz CT molecular complexity index is 1290. The number of benzene rings is 1. The van der Waals surface area contributed by atoms with Gasteiger partial charge >= 0.3 is 0 Å². The zero-order chi connectivity index (χ0) is 21.2. The number of carbonyl (C=O) groups excluding carboxylic acids is 1. The van der Waals surface area contributed by atoms with Crippen molar-refractivity contribution in [2.75, 3.05) is 5.32 Å². The van der Waals surface area contributed by atoms with Crippen molar-refractivity contribution in [1.29, 1.82) is 0 Å². The van der Waals surface area contributed by atoms with Gasteiger partial charge in [0.05, 0.1) is 12.0 Å². The molecule has 3 rings (SSSR count). The Morgan fingerprint density at radius 3 is 2.34 bits per heavy atom. The van der Waals surface area contributed by atoms with Gasteiger partial charge in [-0.05, 0) is 29.8 Å². The number of hydrogen-bond donors (Lipinski definition) is 4. The van der Waals surface area contributed by atoms with Gasteiger partial charge in [0.1, 0.15) is 10.7 Å². The highest BCUT2D eigenvalue weighted by Gasteiger charge is 2.19. The first kappa shape index (κ1) is 20.1. The monoisotopic (exact) mass is 393 g/mol. The van der Waals surface area contributed by atoms with E-state index in [1.165, 1.54) is 6.92 Å². The summed E-state index contributed by atoms with van der Waals surface area (Å²) >= 11 is 0. The second kappa shape index (κ2) is 7.75. The molecule has 0 bridgehead atoms. The van der Waals surface area contributed by atoms with Crippen molar-refractivity contribution in [3.8, 4) is 0 Å². The van der Waals surface area contributed by atoms with Crippen LogP contribution in [0.2, 0.25) is 0 Å². The van der Waals surface area contributed by atoms with Gasteiger partial charge < -0.3 is 20.3 Å². The maximum atomic E-state index is 12.5. The standard InChI is InChI=1S/C21H23N5O3/c1-12(27)24-14-7-5-6-13(8-14)9-16-19(28)26-17(20(29)25-16)10-15-18(21(2,3)4)23-11-22-15/h5-11H,1-4H3,(H,22,23)(H,24,27)(H,25,29)(H,26,28)/b16-9-,17-10-. The molecule has 0 aliphatic carbocycles. The Balaban J connectivity index is 2.07. The van der Waals surface area contributed by atoms with Crippen molar-refractivity contribution < 1.29 is 4.79 Å². The van der Waals surface area contributed by atoms with Gasteiger partial charge in [0.25, 0.3) is 11.1 Å². The molecule has 0 saturated heterocycles. The minimum absolute atomic E-state index is 0.116. The van der Waals surface area contributed by atoms with Crippen LogP contribution in [-0.2, 0) is 10.2 Å². The van der Waals surface area contributed by atoms with Crippen molar-refractivity contribution in [3.63, 3.8) is 0 Å². The number of anilines is 1. The fourth-order valence-electron chi connectivity index (χ4n) is 2.92. The van der Waals surface area contributed by atoms with Crippen LogP contribution in [-0.4, -0.2) is 25.8 Å². The van der Waals surface area contributed by atoms with Gasteiger partial charge in [-0.3, -0.25) is 14.4 Å². The Kier molecular flexibility index (Phi) is 5.36. The van der Waals surface area contributed by atoms with Gasteiger partial charge in [-0.1, -0.05) is 32.9 Å². The maximum absolute atomic E-state index is 12.5. The first-order chi connectivity index (χ1) is 13.6. The summed E-state index contributed by atoms with van der Waals surface area (Å²) in [5, 5.41) is 2.91. The number of H-pyrrole nitrogens is 3. The normalized spacial score (nSPS) is 13.0. The molecule has 8 nitrogen and oxygen atoms in total. The molecule has 4 N–H and O–H groups in total. The van der Waals surface area contributed by atoms with Gasteiger partial charge in [0.2, 0.25) is 5.91 Å². The number of aromatic nitrogens is 4. The SMILES string of the molecule is CC(=O)Nc1cccc(/C=c2\[nH]c(=O)/c(=C/c3nc[nH]c3C(C)(C)C)[nH]c2=O)c1. The molecule has 1 amide bonds. The fraction of sp³-hybridized carbons (Fsp3) is 0.238. The van der Waals surface area contributed by atoms with E-state index in [2.05, 4.69) is 25.3 Å². The Morgan fingerprint density at radius 1 is 1.07 bits per heavy atom. The number of nitrogens with zero attached hydrogens (tertiary/aromatic N) is 1. The topological polar surface area (TPSA) is 123 Å². The molecule has 0 saturated carbocycles. The molecule has 2 aromatic heterocycles.